The lowest BCUT2D eigenvalue weighted by molar-refractivity contribution is 0.247. The molecule has 0 spiro atoms. The highest BCUT2D eigenvalue weighted by atomic mass is 16.3. The molecule has 1 unspecified atom stereocenters. The first-order chi connectivity index (χ1) is 11.1. The summed E-state index contributed by atoms with van der Waals surface area (Å²) in [5.41, 5.74) is 1.57. The van der Waals surface area contributed by atoms with Gasteiger partial charge in [-0.15, -0.1) is 0 Å². The maximum absolute atomic E-state index is 12.1. The number of urea groups is 1. The van der Waals surface area contributed by atoms with Gasteiger partial charge in [0.15, 0.2) is 0 Å². The smallest absolute Gasteiger partial charge is 0.319 e. The molecule has 2 heterocycles. The van der Waals surface area contributed by atoms with Gasteiger partial charge >= 0.3 is 6.03 Å². The molecule has 0 bridgehead atoms. The van der Waals surface area contributed by atoms with Gasteiger partial charge in [0.25, 0.3) is 0 Å². The van der Waals surface area contributed by atoms with Crippen molar-refractivity contribution < 1.29 is 9.21 Å². The SMILES string of the molecule is Cc1ccc(C(C)NC(=O)Nc2cccc(-n3cccn3)c2)o1. The summed E-state index contributed by atoms with van der Waals surface area (Å²) in [4.78, 5) is 12.1. The van der Waals surface area contributed by atoms with Gasteiger partial charge in [-0.3, -0.25) is 0 Å². The minimum absolute atomic E-state index is 0.210. The molecule has 2 aromatic heterocycles. The van der Waals surface area contributed by atoms with E-state index in [0.29, 0.717) is 5.69 Å². The number of nitrogens with zero attached hydrogens (tertiary/aromatic N) is 2. The molecule has 0 aliphatic rings. The number of hydrogen-bond donors (Lipinski definition) is 2. The Kier molecular flexibility index (Phi) is 4.14. The summed E-state index contributed by atoms with van der Waals surface area (Å²) in [6.07, 6.45) is 3.56. The first kappa shape index (κ1) is 14.9. The molecule has 0 radical (unpaired) electrons. The molecule has 0 fully saturated rings. The maximum Gasteiger partial charge on any atom is 0.319 e. The van der Waals surface area contributed by atoms with Crippen LogP contribution in [0.2, 0.25) is 0 Å². The lowest BCUT2D eigenvalue weighted by Gasteiger charge is -2.13. The van der Waals surface area contributed by atoms with Gasteiger partial charge < -0.3 is 15.1 Å². The van der Waals surface area contributed by atoms with E-state index in [1.807, 2.05) is 62.5 Å². The van der Waals surface area contributed by atoms with Crippen LogP contribution < -0.4 is 10.6 Å². The van der Waals surface area contributed by atoms with Crippen molar-refractivity contribution >= 4 is 11.7 Å². The monoisotopic (exact) mass is 310 g/mol. The average molecular weight is 310 g/mol. The summed E-state index contributed by atoms with van der Waals surface area (Å²) in [6, 6.07) is 12.6. The standard InChI is InChI=1S/C17H18N4O2/c1-12-7-8-16(23-12)13(2)19-17(22)20-14-5-3-6-15(11-14)21-10-4-9-18-21/h3-11,13H,1-2H3,(H2,19,20,22). The van der Waals surface area contributed by atoms with Crippen molar-refractivity contribution in [2.75, 3.05) is 5.32 Å². The molecule has 3 aromatic rings. The van der Waals surface area contributed by atoms with Gasteiger partial charge in [0.05, 0.1) is 11.7 Å². The minimum Gasteiger partial charge on any atom is -0.464 e. The Hall–Kier alpha value is -3.02. The third-order valence-corrected chi connectivity index (χ3v) is 3.41. The van der Waals surface area contributed by atoms with Crippen molar-refractivity contribution in [3.8, 4) is 5.69 Å². The zero-order valence-corrected chi connectivity index (χ0v) is 13.0. The fourth-order valence-corrected chi connectivity index (χ4v) is 2.27. The Morgan fingerprint density at radius 2 is 2.13 bits per heavy atom. The fourth-order valence-electron chi connectivity index (χ4n) is 2.27. The Morgan fingerprint density at radius 1 is 1.26 bits per heavy atom. The van der Waals surface area contributed by atoms with Crippen LogP contribution in [0.4, 0.5) is 10.5 Å². The van der Waals surface area contributed by atoms with Crippen LogP contribution in [0.1, 0.15) is 24.5 Å². The minimum atomic E-state index is -0.288. The van der Waals surface area contributed by atoms with Crippen LogP contribution in [0.25, 0.3) is 5.69 Å². The Bertz CT molecular complexity index is 793. The van der Waals surface area contributed by atoms with Gasteiger partial charge in [-0.25, -0.2) is 9.48 Å². The molecule has 6 nitrogen and oxygen atoms in total. The molecule has 6 heteroatoms. The molecule has 1 aromatic carbocycles. The average Bonchev–Trinajstić information content (AvgIpc) is 3.18. The van der Waals surface area contributed by atoms with E-state index < -0.39 is 0 Å². The molecular weight excluding hydrogens is 292 g/mol. The summed E-state index contributed by atoms with van der Waals surface area (Å²) < 4.78 is 7.24. The Balaban J connectivity index is 1.65. The van der Waals surface area contributed by atoms with E-state index in [9.17, 15) is 4.79 Å². The normalized spacial score (nSPS) is 11.9. The number of aromatic nitrogens is 2. The first-order valence-corrected chi connectivity index (χ1v) is 7.36. The second-order valence-electron chi connectivity index (χ2n) is 5.27. The number of rotatable bonds is 4. The van der Waals surface area contributed by atoms with Crippen molar-refractivity contribution in [2.45, 2.75) is 19.9 Å². The molecule has 0 saturated carbocycles. The molecule has 1 atom stereocenters. The number of aryl methyl sites for hydroxylation is 1. The number of nitrogens with one attached hydrogen (secondary N) is 2. The highest BCUT2D eigenvalue weighted by Gasteiger charge is 2.12. The number of furan rings is 1. The summed E-state index contributed by atoms with van der Waals surface area (Å²) in [5, 5.41) is 9.84. The molecule has 0 saturated heterocycles. The van der Waals surface area contributed by atoms with E-state index in [1.165, 1.54) is 0 Å². The Labute approximate surface area is 134 Å². The largest absolute Gasteiger partial charge is 0.464 e. The molecule has 3 rings (SSSR count). The third kappa shape index (κ3) is 3.60. The Morgan fingerprint density at radius 3 is 2.83 bits per heavy atom. The van der Waals surface area contributed by atoms with E-state index >= 15 is 0 Å². The number of hydrogen-bond acceptors (Lipinski definition) is 3. The molecule has 0 aliphatic carbocycles. The summed E-state index contributed by atoms with van der Waals surface area (Å²) in [7, 11) is 0. The van der Waals surface area contributed by atoms with Crippen LogP contribution >= 0.6 is 0 Å². The zero-order chi connectivity index (χ0) is 16.2. The van der Waals surface area contributed by atoms with Gasteiger partial charge in [-0.2, -0.15) is 5.10 Å². The van der Waals surface area contributed by atoms with Crippen molar-refractivity contribution in [3.05, 3.63) is 66.4 Å². The van der Waals surface area contributed by atoms with Crippen LogP contribution in [-0.2, 0) is 0 Å². The van der Waals surface area contributed by atoms with Gasteiger partial charge in [-0.1, -0.05) is 6.07 Å². The highest BCUT2D eigenvalue weighted by Crippen LogP contribution is 2.17. The predicted octanol–water partition coefficient (Wildman–Crippen LogP) is 3.66. The van der Waals surface area contributed by atoms with Crippen LogP contribution in [0.3, 0.4) is 0 Å². The van der Waals surface area contributed by atoms with Crippen molar-refractivity contribution in [1.82, 2.24) is 15.1 Å². The van der Waals surface area contributed by atoms with Gasteiger partial charge in [0, 0.05) is 18.1 Å². The molecule has 0 aliphatic heterocycles. The highest BCUT2D eigenvalue weighted by molar-refractivity contribution is 5.89. The molecule has 23 heavy (non-hydrogen) atoms. The van der Waals surface area contributed by atoms with E-state index in [4.69, 9.17) is 4.42 Å². The lowest BCUT2D eigenvalue weighted by atomic mass is 10.2. The number of anilines is 1. The molecule has 2 amide bonds. The van der Waals surface area contributed by atoms with Crippen LogP contribution in [0.15, 0.2) is 59.3 Å². The molecule has 118 valence electrons. The van der Waals surface area contributed by atoms with Gasteiger partial charge in [0.2, 0.25) is 0 Å². The number of carbonyl (C=O) groups excluding carboxylic acids is 1. The topological polar surface area (TPSA) is 72.1 Å². The van der Waals surface area contributed by atoms with Crippen LogP contribution in [0, 0.1) is 6.92 Å². The summed E-state index contributed by atoms with van der Waals surface area (Å²) in [5.74, 6) is 1.55. The van der Waals surface area contributed by atoms with E-state index in [0.717, 1.165) is 17.2 Å². The van der Waals surface area contributed by atoms with Gasteiger partial charge in [-0.05, 0) is 50.2 Å². The predicted molar refractivity (Wildman–Crippen MR) is 87.6 cm³/mol. The summed E-state index contributed by atoms with van der Waals surface area (Å²) >= 11 is 0. The summed E-state index contributed by atoms with van der Waals surface area (Å²) in [6.45, 7) is 3.75. The number of benzene rings is 1. The van der Waals surface area contributed by atoms with Crippen molar-refractivity contribution in [2.24, 2.45) is 0 Å². The fraction of sp³-hybridized carbons (Fsp3) is 0.176. The third-order valence-electron chi connectivity index (χ3n) is 3.41. The van der Waals surface area contributed by atoms with Crippen molar-refractivity contribution in [1.29, 1.82) is 0 Å². The van der Waals surface area contributed by atoms with Crippen molar-refractivity contribution in [3.63, 3.8) is 0 Å². The van der Waals surface area contributed by atoms with Crippen LogP contribution in [0.5, 0.6) is 0 Å². The second kappa shape index (κ2) is 6.39. The second-order valence-corrected chi connectivity index (χ2v) is 5.27. The maximum atomic E-state index is 12.1. The quantitative estimate of drug-likeness (QED) is 0.772. The van der Waals surface area contributed by atoms with Crippen LogP contribution in [-0.4, -0.2) is 15.8 Å². The number of amides is 2. The first-order valence-electron chi connectivity index (χ1n) is 7.36. The lowest BCUT2D eigenvalue weighted by Crippen LogP contribution is -2.31. The number of carbonyl (C=O) groups is 1. The van der Waals surface area contributed by atoms with E-state index in [2.05, 4.69) is 15.7 Å². The van der Waals surface area contributed by atoms with Gasteiger partial charge in [0.1, 0.15) is 11.5 Å². The zero-order valence-electron chi connectivity index (χ0n) is 13.0. The van der Waals surface area contributed by atoms with E-state index in [1.54, 1.807) is 10.9 Å². The van der Waals surface area contributed by atoms with E-state index in [-0.39, 0.29) is 12.1 Å². The molecule has 2 N–H and O–H groups in total. The molecular formula is C17H18N4O2.